The monoisotopic (exact) mass is 329 g/mol. The third-order valence-electron chi connectivity index (χ3n) is 6.11. The molecule has 0 N–H and O–H groups in total. The highest BCUT2D eigenvalue weighted by Crippen LogP contribution is 2.62. The van der Waals surface area contributed by atoms with Gasteiger partial charge in [-0.3, -0.25) is 0 Å². The van der Waals surface area contributed by atoms with Crippen molar-refractivity contribution in [3.05, 3.63) is 126 Å². The van der Waals surface area contributed by atoms with Gasteiger partial charge >= 0.3 is 0 Å². The molecule has 1 radical (unpaired) electrons. The Bertz CT molecular complexity index is 1150. The summed E-state index contributed by atoms with van der Waals surface area (Å²) in [6, 6.07) is 33.2. The molecule has 0 saturated carbocycles. The molecule has 0 nitrogen and oxygen atoms in total. The quantitative estimate of drug-likeness (QED) is 0.311. The van der Waals surface area contributed by atoms with Crippen LogP contribution in [0.3, 0.4) is 0 Å². The van der Waals surface area contributed by atoms with Gasteiger partial charge < -0.3 is 0 Å². The smallest absolute Gasteiger partial charge is 0.0619 e. The highest BCUT2D eigenvalue weighted by Gasteiger charge is 2.51. The summed E-state index contributed by atoms with van der Waals surface area (Å²) < 4.78 is 0. The third-order valence-corrected chi connectivity index (χ3v) is 6.11. The van der Waals surface area contributed by atoms with Crippen LogP contribution < -0.4 is 0 Å². The first kappa shape index (κ1) is 14.1. The average molecular weight is 329 g/mol. The molecule has 4 aromatic rings. The highest BCUT2D eigenvalue weighted by atomic mass is 14.5. The second kappa shape index (κ2) is 4.74. The van der Waals surface area contributed by atoms with E-state index in [9.17, 15) is 0 Å². The van der Waals surface area contributed by atoms with Crippen LogP contribution in [-0.2, 0) is 5.41 Å². The molecule has 0 heterocycles. The van der Waals surface area contributed by atoms with Crippen molar-refractivity contribution in [3.8, 4) is 22.3 Å². The van der Waals surface area contributed by atoms with Crippen LogP contribution in [0.1, 0.15) is 27.8 Å². The van der Waals surface area contributed by atoms with E-state index in [1.54, 1.807) is 0 Å². The van der Waals surface area contributed by atoms with Crippen molar-refractivity contribution in [3.63, 3.8) is 0 Å². The lowest BCUT2D eigenvalue weighted by molar-refractivity contribution is 0.793. The normalized spacial score (nSPS) is 14.7. The van der Waals surface area contributed by atoms with E-state index in [0.717, 1.165) is 5.56 Å². The Labute approximate surface area is 153 Å². The Morgan fingerprint density at radius 3 is 1.54 bits per heavy atom. The first-order valence-corrected chi connectivity index (χ1v) is 9.08. The summed E-state index contributed by atoms with van der Waals surface area (Å²) in [4.78, 5) is 0. The summed E-state index contributed by atoms with van der Waals surface area (Å²) in [5.74, 6) is 0. The summed E-state index contributed by atoms with van der Waals surface area (Å²) in [6.45, 7) is 4.36. The Hall–Kier alpha value is -3.12. The molecule has 0 fully saturated rings. The van der Waals surface area contributed by atoms with Crippen LogP contribution in [0.25, 0.3) is 22.3 Å². The molecule has 4 aromatic carbocycles. The van der Waals surface area contributed by atoms with Crippen molar-refractivity contribution in [2.45, 2.75) is 5.41 Å². The van der Waals surface area contributed by atoms with Gasteiger partial charge in [-0.1, -0.05) is 91.0 Å². The van der Waals surface area contributed by atoms with E-state index in [-0.39, 0.29) is 5.41 Å². The fourth-order valence-electron chi connectivity index (χ4n) is 5.22. The average Bonchev–Trinajstić information content (AvgIpc) is 3.16. The van der Waals surface area contributed by atoms with Crippen LogP contribution in [-0.4, -0.2) is 0 Å². The number of hydrogen-bond acceptors (Lipinski definition) is 0. The molecular weight excluding hydrogens is 312 g/mol. The van der Waals surface area contributed by atoms with Crippen molar-refractivity contribution in [1.82, 2.24) is 0 Å². The van der Waals surface area contributed by atoms with E-state index in [0.29, 0.717) is 0 Å². The first-order chi connectivity index (χ1) is 12.8. The third kappa shape index (κ3) is 1.43. The fraction of sp³-hybridized carbons (Fsp3) is 0.0385. The minimum absolute atomic E-state index is 0.229. The van der Waals surface area contributed by atoms with E-state index in [1.165, 1.54) is 44.5 Å². The van der Waals surface area contributed by atoms with Gasteiger partial charge in [0.15, 0.2) is 0 Å². The van der Waals surface area contributed by atoms with Gasteiger partial charge in [-0.2, -0.15) is 0 Å². The molecule has 0 atom stereocenters. The maximum Gasteiger partial charge on any atom is 0.0725 e. The van der Waals surface area contributed by atoms with Crippen molar-refractivity contribution in [2.24, 2.45) is 0 Å². The molecule has 0 saturated heterocycles. The van der Waals surface area contributed by atoms with Crippen molar-refractivity contribution >= 4 is 0 Å². The SMILES string of the molecule is [CH2]c1cccc2c1-c1ccccc1C21c2ccccc2-c2ccccc21. The molecule has 121 valence electrons. The lowest BCUT2D eigenvalue weighted by Gasteiger charge is -2.30. The second-order valence-corrected chi connectivity index (χ2v) is 7.23. The van der Waals surface area contributed by atoms with Gasteiger partial charge in [0.2, 0.25) is 0 Å². The van der Waals surface area contributed by atoms with Crippen LogP contribution in [0, 0.1) is 6.92 Å². The van der Waals surface area contributed by atoms with Crippen molar-refractivity contribution in [1.29, 1.82) is 0 Å². The van der Waals surface area contributed by atoms with E-state index >= 15 is 0 Å². The van der Waals surface area contributed by atoms with Crippen LogP contribution in [0.15, 0.2) is 91.0 Å². The number of rotatable bonds is 0. The largest absolute Gasteiger partial charge is 0.0725 e. The predicted octanol–water partition coefficient (Wildman–Crippen LogP) is 6.21. The van der Waals surface area contributed by atoms with Gasteiger partial charge in [-0.15, -0.1) is 0 Å². The molecule has 0 heteroatoms. The molecule has 0 aliphatic heterocycles. The standard InChI is InChI=1S/C26H17/c1-17-9-8-16-24-25(17)20-12-4-7-15-23(20)26(24)21-13-5-2-10-18(21)19-11-3-6-14-22(19)26/h2-16H,1H2. The molecule has 0 bridgehead atoms. The maximum absolute atomic E-state index is 4.36. The fourth-order valence-corrected chi connectivity index (χ4v) is 5.22. The topological polar surface area (TPSA) is 0 Å². The molecular formula is C26H17. The minimum atomic E-state index is -0.229. The molecule has 26 heavy (non-hydrogen) atoms. The number of benzene rings is 4. The lowest BCUT2D eigenvalue weighted by atomic mass is 9.70. The van der Waals surface area contributed by atoms with Gasteiger partial charge in [-0.25, -0.2) is 0 Å². The maximum atomic E-state index is 4.36. The molecule has 6 rings (SSSR count). The highest BCUT2D eigenvalue weighted by molar-refractivity contribution is 5.95. The van der Waals surface area contributed by atoms with Gasteiger partial charge in [0.1, 0.15) is 0 Å². The summed E-state index contributed by atoms with van der Waals surface area (Å²) in [5, 5.41) is 0. The Morgan fingerprint density at radius 1 is 0.462 bits per heavy atom. The summed E-state index contributed by atoms with van der Waals surface area (Å²) in [5.41, 5.74) is 11.7. The molecule has 0 aromatic heterocycles. The van der Waals surface area contributed by atoms with Crippen LogP contribution in [0.4, 0.5) is 0 Å². The van der Waals surface area contributed by atoms with Gasteiger partial charge in [0.05, 0.1) is 5.41 Å². The number of fused-ring (bicyclic) bond motifs is 10. The zero-order valence-electron chi connectivity index (χ0n) is 14.4. The van der Waals surface area contributed by atoms with Gasteiger partial charge in [-0.05, 0) is 57.0 Å². The first-order valence-electron chi connectivity index (χ1n) is 9.08. The Morgan fingerprint density at radius 2 is 0.923 bits per heavy atom. The second-order valence-electron chi connectivity index (χ2n) is 7.23. The molecule has 2 aliphatic carbocycles. The zero-order valence-corrected chi connectivity index (χ0v) is 14.4. The van der Waals surface area contributed by atoms with E-state index in [4.69, 9.17) is 0 Å². The molecule has 0 unspecified atom stereocenters. The Kier molecular flexibility index (Phi) is 2.57. The summed E-state index contributed by atoms with van der Waals surface area (Å²) in [7, 11) is 0. The molecule has 1 spiro atoms. The summed E-state index contributed by atoms with van der Waals surface area (Å²) in [6.07, 6.45) is 0. The Balaban J connectivity index is 1.89. The van der Waals surface area contributed by atoms with Gasteiger partial charge in [0, 0.05) is 0 Å². The zero-order chi connectivity index (χ0) is 17.3. The van der Waals surface area contributed by atoms with Crippen LogP contribution in [0.2, 0.25) is 0 Å². The molecule has 0 amide bonds. The van der Waals surface area contributed by atoms with Gasteiger partial charge in [0.25, 0.3) is 0 Å². The van der Waals surface area contributed by atoms with Crippen LogP contribution in [0.5, 0.6) is 0 Å². The minimum Gasteiger partial charge on any atom is -0.0619 e. The van der Waals surface area contributed by atoms with Crippen molar-refractivity contribution < 1.29 is 0 Å². The molecule has 2 aliphatic rings. The summed E-state index contributed by atoms with van der Waals surface area (Å²) >= 11 is 0. The van der Waals surface area contributed by atoms with E-state index < -0.39 is 0 Å². The van der Waals surface area contributed by atoms with Crippen molar-refractivity contribution in [2.75, 3.05) is 0 Å². The van der Waals surface area contributed by atoms with E-state index in [2.05, 4.69) is 97.9 Å². The van der Waals surface area contributed by atoms with E-state index in [1.807, 2.05) is 0 Å². The predicted molar refractivity (Wildman–Crippen MR) is 107 cm³/mol. The lowest BCUT2D eigenvalue weighted by Crippen LogP contribution is -2.25. The van der Waals surface area contributed by atoms with Crippen LogP contribution >= 0.6 is 0 Å². The number of hydrogen-bond donors (Lipinski definition) is 0.